The summed E-state index contributed by atoms with van der Waals surface area (Å²) in [5.41, 5.74) is 1.99. The Morgan fingerprint density at radius 1 is 1.27 bits per heavy atom. The first-order valence-electron chi connectivity index (χ1n) is 11.6. The van der Waals surface area contributed by atoms with Gasteiger partial charge in [0.2, 0.25) is 5.91 Å². The van der Waals surface area contributed by atoms with Crippen LogP contribution in [0.1, 0.15) is 39.5 Å². The number of carbonyl (C=O) groups excluding carboxylic acids is 2. The van der Waals surface area contributed by atoms with Crippen molar-refractivity contribution >= 4 is 46.1 Å². The van der Waals surface area contributed by atoms with Crippen molar-refractivity contribution in [2.75, 3.05) is 10.6 Å². The lowest BCUT2D eigenvalue weighted by atomic mass is 9.71. The molecule has 13 heteroatoms. The molecule has 198 valence electrons. The molecule has 0 unspecified atom stereocenters. The van der Waals surface area contributed by atoms with E-state index in [1.54, 1.807) is 37.6 Å². The van der Waals surface area contributed by atoms with Crippen molar-refractivity contribution in [3.8, 4) is 0 Å². The van der Waals surface area contributed by atoms with Crippen molar-refractivity contribution in [1.82, 2.24) is 20.1 Å². The number of nitrogens with one attached hydrogen (secondary N) is 3. The van der Waals surface area contributed by atoms with Gasteiger partial charge in [-0.3, -0.25) is 19.3 Å². The number of aromatic nitrogens is 3. The van der Waals surface area contributed by atoms with Crippen LogP contribution in [0.4, 0.5) is 24.5 Å². The lowest BCUT2D eigenvalue weighted by Gasteiger charge is -2.38. The summed E-state index contributed by atoms with van der Waals surface area (Å²) >= 11 is 7.26. The Hall–Kier alpha value is -3.12. The zero-order chi connectivity index (χ0) is 26.7. The Labute approximate surface area is 220 Å². The summed E-state index contributed by atoms with van der Waals surface area (Å²) in [6.45, 7) is 2.29. The topological polar surface area (TPSA) is 101 Å². The molecule has 0 aromatic carbocycles. The fourth-order valence-electron chi connectivity index (χ4n) is 4.17. The summed E-state index contributed by atoms with van der Waals surface area (Å²) in [5.74, 6) is -2.63. The van der Waals surface area contributed by atoms with Gasteiger partial charge in [0.15, 0.2) is 0 Å². The van der Waals surface area contributed by atoms with Crippen LogP contribution in [-0.2, 0) is 18.4 Å². The van der Waals surface area contributed by atoms with Gasteiger partial charge in [-0.15, -0.1) is 11.3 Å². The molecule has 3 N–H and O–H groups in total. The molecule has 8 nitrogen and oxygen atoms in total. The SMILES string of the molecule is Cc1ncc(Cl)cc1NCc1ccc(C(=O)N[C@@H](CC2CC(C(F)(F)F)C2)C(=O)Nc2cnn(C)c2)s1. The summed E-state index contributed by atoms with van der Waals surface area (Å²) in [6.07, 6.45) is 0.374. The number of halogens is 4. The van der Waals surface area contributed by atoms with E-state index in [9.17, 15) is 22.8 Å². The molecule has 0 spiro atoms. The Bertz CT molecular complexity index is 1270. The van der Waals surface area contributed by atoms with E-state index in [1.807, 2.05) is 6.92 Å². The summed E-state index contributed by atoms with van der Waals surface area (Å²) in [5, 5.41) is 13.1. The maximum Gasteiger partial charge on any atom is 0.391 e. The smallest absolute Gasteiger partial charge is 0.379 e. The number of alkyl halides is 3. The van der Waals surface area contributed by atoms with Crippen molar-refractivity contribution in [3.63, 3.8) is 0 Å². The van der Waals surface area contributed by atoms with Crippen molar-refractivity contribution < 1.29 is 22.8 Å². The molecule has 0 aliphatic heterocycles. The molecular weight excluding hydrogens is 529 g/mol. The number of anilines is 2. The fourth-order valence-corrected chi connectivity index (χ4v) is 5.18. The molecule has 1 aliphatic carbocycles. The van der Waals surface area contributed by atoms with E-state index in [1.165, 1.54) is 22.2 Å². The molecular formula is C24H26ClF3N6O2S. The molecule has 1 saturated carbocycles. The van der Waals surface area contributed by atoms with Crippen LogP contribution in [-0.4, -0.2) is 38.8 Å². The van der Waals surface area contributed by atoms with Gasteiger partial charge in [-0.05, 0) is 50.3 Å². The Morgan fingerprint density at radius 3 is 2.70 bits per heavy atom. The molecule has 3 aromatic rings. The van der Waals surface area contributed by atoms with Crippen molar-refractivity contribution in [1.29, 1.82) is 0 Å². The highest BCUT2D eigenvalue weighted by molar-refractivity contribution is 7.14. The van der Waals surface area contributed by atoms with E-state index in [0.717, 1.165) is 16.3 Å². The molecule has 1 fully saturated rings. The third kappa shape index (κ3) is 7.01. The average molecular weight is 555 g/mol. The monoisotopic (exact) mass is 554 g/mol. The zero-order valence-corrected chi connectivity index (χ0v) is 21.7. The largest absolute Gasteiger partial charge is 0.391 e. The standard InChI is InChI=1S/C24H26ClF3N6O2S/c1-13-19(8-16(25)9-29-13)30-11-18-3-4-21(37-18)23(36)33-20(7-14-5-15(6-14)24(26,27)28)22(35)32-17-10-31-34(2)12-17/h3-4,8-10,12,14-15,20,30H,5-7,11H2,1-2H3,(H,32,35)(H,33,36)/t14?,15?,20-/m0/s1. The number of carbonyl (C=O) groups is 2. The molecule has 0 bridgehead atoms. The summed E-state index contributed by atoms with van der Waals surface area (Å²) in [7, 11) is 1.69. The number of hydrogen-bond donors (Lipinski definition) is 3. The predicted molar refractivity (Wildman–Crippen MR) is 136 cm³/mol. The summed E-state index contributed by atoms with van der Waals surface area (Å²) in [4.78, 5) is 31.4. The number of aryl methyl sites for hydroxylation is 2. The van der Waals surface area contributed by atoms with Crippen LogP contribution >= 0.6 is 22.9 Å². The van der Waals surface area contributed by atoms with Crippen LogP contribution in [0.25, 0.3) is 0 Å². The first-order chi connectivity index (χ1) is 17.5. The first kappa shape index (κ1) is 26.9. The van der Waals surface area contributed by atoms with Gasteiger partial charge in [0.05, 0.1) is 39.1 Å². The average Bonchev–Trinajstić information content (AvgIpc) is 3.43. The van der Waals surface area contributed by atoms with Crippen molar-refractivity contribution in [2.45, 2.75) is 44.9 Å². The second-order valence-corrected chi connectivity index (χ2v) is 10.7. The number of rotatable bonds is 9. The second-order valence-electron chi connectivity index (χ2n) is 9.14. The Balaban J connectivity index is 1.39. The lowest BCUT2D eigenvalue weighted by Crippen LogP contribution is -2.47. The lowest BCUT2D eigenvalue weighted by molar-refractivity contribution is -0.205. The van der Waals surface area contributed by atoms with E-state index < -0.39 is 30.0 Å². The van der Waals surface area contributed by atoms with E-state index in [2.05, 4.69) is 26.0 Å². The molecule has 4 rings (SSSR count). The van der Waals surface area contributed by atoms with Crippen LogP contribution in [0.3, 0.4) is 0 Å². The van der Waals surface area contributed by atoms with E-state index in [4.69, 9.17) is 11.6 Å². The minimum absolute atomic E-state index is 0.0529. The zero-order valence-electron chi connectivity index (χ0n) is 20.1. The molecule has 37 heavy (non-hydrogen) atoms. The minimum atomic E-state index is -4.24. The Morgan fingerprint density at radius 2 is 2.03 bits per heavy atom. The van der Waals surface area contributed by atoms with Crippen molar-refractivity contribution in [2.24, 2.45) is 18.9 Å². The molecule has 0 saturated heterocycles. The third-order valence-electron chi connectivity index (χ3n) is 6.25. The fraction of sp³-hybridized carbons (Fsp3) is 0.417. The highest BCUT2D eigenvalue weighted by Gasteiger charge is 2.48. The molecule has 3 heterocycles. The molecule has 2 amide bonds. The van der Waals surface area contributed by atoms with Gasteiger partial charge >= 0.3 is 6.18 Å². The summed E-state index contributed by atoms with van der Waals surface area (Å²) in [6, 6.07) is 4.22. The third-order valence-corrected chi connectivity index (χ3v) is 7.54. The predicted octanol–water partition coefficient (Wildman–Crippen LogP) is 5.17. The molecule has 1 aliphatic rings. The summed E-state index contributed by atoms with van der Waals surface area (Å²) < 4.78 is 40.3. The van der Waals surface area contributed by atoms with E-state index >= 15 is 0 Å². The maximum absolute atomic E-state index is 13.0. The van der Waals surface area contributed by atoms with Gasteiger partial charge in [-0.2, -0.15) is 18.3 Å². The van der Waals surface area contributed by atoms with Crippen LogP contribution in [0.5, 0.6) is 0 Å². The number of amides is 2. The van der Waals surface area contributed by atoms with Crippen LogP contribution in [0.2, 0.25) is 5.02 Å². The van der Waals surface area contributed by atoms with Gasteiger partial charge in [0, 0.05) is 30.9 Å². The van der Waals surface area contributed by atoms with Crippen molar-refractivity contribution in [3.05, 3.63) is 57.3 Å². The number of thiophene rings is 1. The van der Waals surface area contributed by atoms with E-state index in [-0.39, 0.29) is 25.2 Å². The second kappa shape index (κ2) is 11.1. The van der Waals surface area contributed by atoms with Gasteiger partial charge in [0.25, 0.3) is 5.91 Å². The van der Waals surface area contributed by atoms with Crippen LogP contribution in [0, 0.1) is 18.8 Å². The maximum atomic E-state index is 13.0. The van der Waals surface area contributed by atoms with Gasteiger partial charge in [-0.25, -0.2) is 0 Å². The normalized spacial score (nSPS) is 18.1. The van der Waals surface area contributed by atoms with Crippen LogP contribution < -0.4 is 16.0 Å². The van der Waals surface area contributed by atoms with Gasteiger partial charge < -0.3 is 16.0 Å². The van der Waals surface area contributed by atoms with E-state index in [0.29, 0.717) is 22.1 Å². The molecule has 1 atom stereocenters. The molecule has 3 aromatic heterocycles. The first-order valence-corrected chi connectivity index (χ1v) is 12.8. The quantitative estimate of drug-likeness (QED) is 0.339. The minimum Gasteiger partial charge on any atom is -0.379 e. The van der Waals surface area contributed by atoms with Gasteiger partial charge in [0.1, 0.15) is 6.04 Å². The number of pyridine rings is 1. The molecule has 0 radical (unpaired) electrons. The highest BCUT2D eigenvalue weighted by Crippen LogP contribution is 2.46. The number of nitrogens with zero attached hydrogens (tertiary/aromatic N) is 3. The Kier molecular flexibility index (Phi) is 8.08. The van der Waals surface area contributed by atoms with Gasteiger partial charge in [-0.1, -0.05) is 11.6 Å². The highest BCUT2D eigenvalue weighted by atomic mass is 35.5. The number of hydrogen-bond acceptors (Lipinski definition) is 6. The van der Waals surface area contributed by atoms with Crippen LogP contribution in [0.15, 0.2) is 36.8 Å².